The lowest BCUT2D eigenvalue weighted by atomic mass is 10.2. The van der Waals surface area contributed by atoms with Crippen LogP contribution in [0.25, 0.3) is 0 Å². The van der Waals surface area contributed by atoms with Crippen molar-refractivity contribution in [1.29, 1.82) is 0 Å². The Labute approximate surface area is 146 Å². The van der Waals surface area contributed by atoms with E-state index in [0.29, 0.717) is 10.8 Å². The van der Waals surface area contributed by atoms with Crippen LogP contribution in [0.3, 0.4) is 0 Å². The Balaban J connectivity index is 1.64. The van der Waals surface area contributed by atoms with Gasteiger partial charge in [0.15, 0.2) is 0 Å². The number of thioether (sulfide) groups is 1. The molecular weight excluding hydrogens is 348 g/mol. The van der Waals surface area contributed by atoms with Gasteiger partial charge in [-0.2, -0.15) is 0 Å². The molecule has 24 heavy (non-hydrogen) atoms. The van der Waals surface area contributed by atoms with Crippen molar-refractivity contribution in [2.24, 2.45) is 0 Å². The summed E-state index contributed by atoms with van der Waals surface area (Å²) >= 11 is 2.16. The Morgan fingerprint density at radius 2 is 2.00 bits per heavy atom. The Hall–Kier alpha value is -2.26. The smallest absolute Gasteiger partial charge is 0.293 e. The molecule has 1 aliphatic heterocycles. The summed E-state index contributed by atoms with van der Waals surface area (Å²) in [5.41, 5.74) is 0.514. The number of hydrogen-bond acceptors (Lipinski definition) is 7. The highest BCUT2D eigenvalue weighted by molar-refractivity contribution is 8.15. The van der Waals surface area contributed by atoms with E-state index in [9.17, 15) is 14.4 Å². The zero-order valence-electron chi connectivity index (χ0n) is 12.8. The lowest BCUT2D eigenvalue weighted by molar-refractivity contribution is -0.121. The molecule has 0 aliphatic carbocycles. The van der Waals surface area contributed by atoms with Crippen LogP contribution in [0.5, 0.6) is 0 Å². The molecule has 0 bridgehead atoms. The van der Waals surface area contributed by atoms with Crippen molar-refractivity contribution < 1.29 is 14.4 Å². The zero-order valence-corrected chi connectivity index (χ0v) is 14.4. The third-order valence-corrected chi connectivity index (χ3v) is 5.34. The Kier molecular flexibility index (Phi) is 4.91. The summed E-state index contributed by atoms with van der Waals surface area (Å²) < 4.78 is 0. The lowest BCUT2D eigenvalue weighted by Crippen LogP contribution is -2.32. The maximum Gasteiger partial charge on any atom is 0.293 e. The number of para-hydroxylation sites is 1. The lowest BCUT2D eigenvalue weighted by Gasteiger charge is -2.13. The number of amides is 3. The summed E-state index contributed by atoms with van der Waals surface area (Å²) in [6.45, 7) is 1.95. The molecule has 1 atom stereocenters. The van der Waals surface area contributed by atoms with Crippen molar-refractivity contribution in [2.75, 3.05) is 10.2 Å². The molecule has 3 amide bonds. The molecule has 7 nitrogen and oxygen atoms in total. The van der Waals surface area contributed by atoms with Crippen molar-refractivity contribution >= 4 is 51.0 Å². The van der Waals surface area contributed by atoms with Gasteiger partial charge in [-0.3, -0.25) is 14.4 Å². The quantitative estimate of drug-likeness (QED) is 0.879. The maximum absolute atomic E-state index is 12.4. The molecule has 0 spiro atoms. The first-order valence-corrected chi connectivity index (χ1v) is 9.00. The second kappa shape index (κ2) is 7.10. The molecule has 0 saturated carbocycles. The molecule has 2 aromatic rings. The first kappa shape index (κ1) is 16.6. The predicted octanol–water partition coefficient (Wildman–Crippen LogP) is 2.70. The highest BCUT2D eigenvalue weighted by Crippen LogP contribution is 2.33. The number of aromatic nitrogens is 2. The first-order valence-electron chi connectivity index (χ1n) is 7.30. The van der Waals surface area contributed by atoms with Crippen molar-refractivity contribution in [3.63, 3.8) is 0 Å². The van der Waals surface area contributed by atoms with Crippen LogP contribution in [-0.2, 0) is 16.0 Å². The maximum atomic E-state index is 12.4. The summed E-state index contributed by atoms with van der Waals surface area (Å²) in [5, 5.41) is 10.5. The molecule has 1 aliphatic rings. The highest BCUT2D eigenvalue weighted by Gasteiger charge is 2.41. The minimum Gasteiger partial charge on any atom is -0.300 e. The van der Waals surface area contributed by atoms with Crippen LogP contribution in [0.4, 0.5) is 15.6 Å². The van der Waals surface area contributed by atoms with Gasteiger partial charge in [-0.05, 0) is 30.3 Å². The summed E-state index contributed by atoms with van der Waals surface area (Å²) in [5.74, 6) is -0.736. The number of carbonyl (C=O) groups excluding carboxylic acids is 3. The number of aryl methyl sites for hydroxylation is 1. The van der Waals surface area contributed by atoms with Gasteiger partial charge >= 0.3 is 0 Å². The van der Waals surface area contributed by atoms with Gasteiger partial charge in [0.25, 0.3) is 5.24 Å². The summed E-state index contributed by atoms with van der Waals surface area (Å²) in [6, 6.07) is 8.68. The molecule has 1 aromatic heterocycles. The van der Waals surface area contributed by atoms with E-state index in [1.165, 1.54) is 11.3 Å². The fourth-order valence-corrected chi connectivity index (χ4v) is 3.86. The number of anilines is 2. The molecule has 1 aromatic carbocycles. The number of benzene rings is 1. The summed E-state index contributed by atoms with van der Waals surface area (Å²) in [4.78, 5) is 37.7. The molecule has 3 rings (SSSR count). The van der Waals surface area contributed by atoms with Crippen molar-refractivity contribution in [2.45, 2.75) is 25.0 Å². The molecular formula is C15H14N4O3S2. The average Bonchev–Trinajstić information content (AvgIpc) is 3.13. The Morgan fingerprint density at radius 3 is 2.67 bits per heavy atom. The van der Waals surface area contributed by atoms with Crippen LogP contribution in [0, 0.1) is 0 Å². The average molecular weight is 362 g/mol. The van der Waals surface area contributed by atoms with Crippen molar-refractivity contribution in [1.82, 2.24) is 10.2 Å². The van der Waals surface area contributed by atoms with Gasteiger partial charge in [-0.25, -0.2) is 4.90 Å². The monoisotopic (exact) mass is 362 g/mol. The number of nitrogens with one attached hydrogen (secondary N) is 1. The van der Waals surface area contributed by atoms with E-state index in [1.54, 1.807) is 30.3 Å². The van der Waals surface area contributed by atoms with E-state index in [-0.39, 0.29) is 23.5 Å². The van der Waals surface area contributed by atoms with E-state index in [4.69, 9.17) is 0 Å². The second-order valence-corrected chi connectivity index (χ2v) is 7.20. The van der Waals surface area contributed by atoms with E-state index in [0.717, 1.165) is 28.1 Å². The highest BCUT2D eigenvalue weighted by atomic mass is 32.2. The van der Waals surface area contributed by atoms with Gasteiger partial charge < -0.3 is 5.32 Å². The SMILES string of the molecule is CCc1nnc(NC(=O)C[C@H]2SC(=O)N(c3ccccc3)C2=O)s1. The number of nitrogens with zero attached hydrogens (tertiary/aromatic N) is 3. The molecule has 124 valence electrons. The van der Waals surface area contributed by atoms with Crippen LogP contribution in [0.1, 0.15) is 18.4 Å². The topological polar surface area (TPSA) is 92.3 Å². The van der Waals surface area contributed by atoms with Crippen molar-refractivity contribution in [3.8, 4) is 0 Å². The number of imide groups is 1. The van der Waals surface area contributed by atoms with E-state index >= 15 is 0 Å². The van der Waals surface area contributed by atoms with Gasteiger partial charge in [-0.15, -0.1) is 10.2 Å². The molecule has 2 heterocycles. The largest absolute Gasteiger partial charge is 0.300 e. The molecule has 1 N–H and O–H groups in total. The third kappa shape index (κ3) is 3.46. The Morgan fingerprint density at radius 1 is 1.25 bits per heavy atom. The third-order valence-electron chi connectivity index (χ3n) is 3.32. The minimum atomic E-state index is -0.726. The van der Waals surface area contributed by atoms with Gasteiger partial charge in [0.1, 0.15) is 10.3 Å². The van der Waals surface area contributed by atoms with Gasteiger partial charge in [0, 0.05) is 6.42 Å². The summed E-state index contributed by atoms with van der Waals surface area (Å²) in [7, 11) is 0. The van der Waals surface area contributed by atoms with Gasteiger partial charge in [-0.1, -0.05) is 36.5 Å². The molecule has 0 radical (unpaired) electrons. The Bertz CT molecular complexity index is 778. The fourth-order valence-electron chi connectivity index (χ4n) is 2.18. The van der Waals surface area contributed by atoms with Crippen LogP contribution >= 0.6 is 23.1 Å². The number of rotatable bonds is 5. The number of hydrogen-bond donors (Lipinski definition) is 1. The molecule has 9 heteroatoms. The molecule has 1 fully saturated rings. The fraction of sp³-hybridized carbons (Fsp3) is 0.267. The van der Waals surface area contributed by atoms with Gasteiger partial charge in [0.2, 0.25) is 16.9 Å². The zero-order chi connectivity index (χ0) is 17.1. The second-order valence-electron chi connectivity index (χ2n) is 4.99. The van der Waals surface area contributed by atoms with Crippen molar-refractivity contribution in [3.05, 3.63) is 35.3 Å². The van der Waals surface area contributed by atoms with Gasteiger partial charge in [0.05, 0.1) is 5.69 Å². The van der Waals surface area contributed by atoms with Crippen LogP contribution in [0.2, 0.25) is 0 Å². The van der Waals surface area contributed by atoms with Crippen LogP contribution < -0.4 is 10.2 Å². The predicted molar refractivity (Wildman–Crippen MR) is 93.2 cm³/mol. The molecule has 1 saturated heterocycles. The first-order chi connectivity index (χ1) is 11.6. The number of carbonyl (C=O) groups is 3. The van der Waals surface area contributed by atoms with E-state index in [1.807, 2.05) is 6.92 Å². The minimum absolute atomic E-state index is 0.0837. The standard InChI is InChI=1S/C15H14N4O3S2/c1-2-12-17-18-14(24-12)16-11(20)8-10-13(21)19(15(22)23-10)9-6-4-3-5-7-9/h3-7,10H,2,8H2,1H3,(H,16,18,20)/t10-/m1/s1. The molecule has 0 unspecified atom stereocenters. The summed E-state index contributed by atoms with van der Waals surface area (Å²) in [6.07, 6.45) is 0.657. The van der Waals surface area contributed by atoms with E-state index in [2.05, 4.69) is 15.5 Å². The van der Waals surface area contributed by atoms with Crippen LogP contribution in [0.15, 0.2) is 30.3 Å². The van der Waals surface area contributed by atoms with Crippen LogP contribution in [-0.4, -0.2) is 32.5 Å². The normalized spacial score (nSPS) is 17.4. The van der Waals surface area contributed by atoms with E-state index < -0.39 is 5.25 Å².